The van der Waals surface area contributed by atoms with Gasteiger partial charge in [0.2, 0.25) is 0 Å². The Morgan fingerprint density at radius 3 is 2.33 bits per heavy atom. The molecule has 1 aromatic heterocycles. The zero-order valence-electron chi connectivity index (χ0n) is 10.6. The molecule has 0 spiro atoms. The number of aromatic nitrogens is 2. The summed E-state index contributed by atoms with van der Waals surface area (Å²) in [4.78, 5) is 31.3. The van der Waals surface area contributed by atoms with Gasteiger partial charge in [-0.15, -0.1) is 10.2 Å². The van der Waals surface area contributed by atoms with E-state index < -0.39 is 26.8 Å². The zero-order chi connectivity index (χ0) is 15.6. The summed E-state index contributed by atoms with van der Waals surface area (Å²) >= 11 is 0. The highest BCUT2D eigenvalue weighted by Crippen LogP contribution is 2.32. The second-order valence-corrected chi connectivity index (χ2v) is 3.94. The molecule has 0 bridgehead atoms. The molecule has 2 N–H and O–H groups in total. The van der Waals surface area contributed by atoms with Gasteiger partial charge >= 0.3 is 5.69 Å². The molecule has 108 valence electrons. The molecule has 2 aromatic rings. The second-order valence-electron chi connectivity index (χ2n) is 3.94. The second kappa shape index (κ2) is 5.32. The van der Waals surface area contributed by atoms with E-state index in [0.717, 1.165) is 18.2 Å². The van der Waals surface area contributed by atoms with Crippen molar-refractivity contribution in [3.8, 4) is 0 Å². The van der Waals surface area contributed by atoms with Crippen LogP contribution in [-0.2, 0) is 0 Å². The predicted octanol–water partition coefficient (Wildman–Crippen LogP) is 2.24. The molecule has 11 nitrogen and oxygen atoms in total. The van der Waals surface area contributed by atoms with Gasteiger partial charge in [0.05, 0.1) is 21.6 Å². The van der Waals surface area contributed by atoms with Crippen molar-refractivity contribution < 1.29 is 9.85 Å². The van der Waals surface area contributed by atoms with E-state index in [4.69, 9.17) is 0 Å². The van der Waals surface area contributed by atoms with E-state index in [1.807, 2.05) is 0 Å². The number of benzene rings is 1. The van der Waals surface area contributed by atoms with Crippen LogP contribution < -0.4 is 5.56 Å². The molecular weight excluding hydrogens is 284 g/mol. The number of aromatic amines is 2. The van der Waals surface area contributed by atoms with E-state index in [1.54, 1.807) is 6.92 Å². The number of H-pyrrole nitrogens is 2. The van der Waals surface area contributed by atoms with E-state index >= 15 is 0 Å². The number of azo groups is 1. The van der Waals surface area contributed by atoms with Crippen LogP contribution in [0.1, 0.15) is 5.69 Å². The fourth-order valence-electron chi connectivity index (χ4n) is 1.52. The first-order valence-corrected chi connectivity index (χ1v) is 5.52. The summed E-state index contributed by atoms with van der Waals surface area (Å²) in [6.45, 7) is 1.57. The highest BCUT2D eigenvalue weighted by molar-refractivity contribution is 5.61. The number of aryl methyl sites for hydroxylation is 1. The molecule has 0 aliphatic rings. The molecule has 0 aliphatic carbocycles. The Morgan fingerprint density at radius 1 is 1.10 bits per heavy atom. The minimum atomic E-state index is -0.810. The van der Waals surface area contributed by atoms with Crippen LogP contribution in [0.5, 0.6) is 0 Å². The number of rotatable bonds is 4. The third-order valence-electron chi connectivity index (χ3n) is 2.56. The van der Waals surface area contributed by atoms with Crippen LogP contribution in [0.3, 0.4) is 0 Å². The van der Waals surface area contributed by atoms with E-state index in [-0.39, 0.29) is 11.4 Å². The Labute approximate surface area is 115 Å². The van der Waals surface area contributed by atoms with Crippen LogP contribution in [0.2, 0.25) is 0 Å². The third kappa shape index (κ3) is 2.80. The van der Waals surface area contributed by atoms with Crippen LogP contribution in [0.4, 0.5) is 22.7 Å². The fourth-order valence-corrected chi connectivity index (χ4v) is 1.52. The molecule has 0 atom stereocenters. The van der Waals surface area contributed by atoms with Crippen molar-refractivity contribution in [1.82, 2.24) is 10.2 Å². The van der Waals surface area contributed by atoms with Crippen molar-refractivity contribution in [1.29, 1.82) is 0 Å². The van der Waals surface area contributed by atoms with Crippen molar-refractivity contribution in [2.24, 2.45) is 10.2 Å². The van der Waals surface area contributed by atoms with Crippen molar-refractivity contribution in [2.45, 2.75) is 6.92 Å². The molecule has 0 amide bonds. The number of nitro benzene ring substituents is 2. The van der Waals surface area contributed by atoms with Crippen molar-refractivity contribution in [3.63, 3.8) is 0 Å². The van der Waals surface area contributed by atoms with Crippen LogP contribution >= 0.6 is 0 Å². The lowest BCUT2D eigenvalue weighted by Crippen LogP contribution is -1.96. The van der Waals surface area contributed by atoms with Crippen molar-refractivity contribution in [3.05, 3.63) is 54.5 Å². The first-order chi connectivity index (χ1) is 9.90. The summed E-state index contributed by atoms with van der Waals surface area (Å²) in [5, 5.41) is 33.5. The van der Waals surface area contributed by atoms with Gasteiger partial charge in [-0.25, -0.2) is 0 Å². The van der Waals surface area contributed by atoms with Gasteiger partial charge < -0.3 is 5.10 Å². The zero-order valence-corrected chi connectivity index (χ0v) is 10.6. The van der Waals surface area contributed by atoms with Gasteiger partial charge in [0, 0.05) is 6.07 Å². The van der Waals surface area contributed by atoms with Gasteiger partial charge in [-0.1, -0.05) is 0 Å². The lowest BCUT2D eigenvalue weighted by molar-refractivity contribution is -0.393. The molecule has 1 aromatic carbocycles. The Kier molecular flexibility index (Phi) is 3.56. The van der Waals surface area contributed by atoms with E-state index in [1.165, 1.54) is 0 Å². The number of nitrogens with one attached hydrogen (secondary N) is 2. The molecule has 0 saturated heterocycles. The lowest BCUT2D eigenvalue weighted by Gasteiger charge is -1.96. The maximum absolute atomic E-state index is 11.4. The maximum atomic E-state index is 11.4. The third-order valence-corrected chi connectivity index (χ3v) is 2.56. The van der Waals surface area contributed by atoms with E-state index in [2.05, 4.69) is 20.4 Å². The SMILES string of the molecule is Cc1[nH][nH]c(=O)c1N=Nc1ccc([N+](=O)[O-])cc1[N+](=O)[O-]. The molecule has 21 heavy (non-hydrogen) atoms. The molecular formula is C10H8N6O5. The molecule has 2 rings (SSSR count). The summed E-state index contributed by atoms with van der Waals surface area (Å²) in [7, 11) is 0. The summed E-state index contributed by atoms with van der Waals surface area (Å²) in [6.07, 6.45) is 0. The smallest absolute Gasteiger partial charge is 0.300 e. The van der Waals surface area contributed by atoms with Crippen molar-refractivity contribution in [2.75, 3.05) is 0 Å². The number of hydrogen-bond acceptors (Lipinski definition) is 7. The fraction of sp³-hybridized carbons (Fsp3) is 0.100. The molecule has 0 aliphatic heterocycles. The van der Waals surface area contributed by atoms with Crippen LogP contribution in [-0.4, -0.2) is 20.0 Å². The van der Waals surface area contributed by atoms with Crippen molar-refractivity contribution >= 4 is 22.7 Å². The first kappa shape index (κ1) is 14.0. The lowest BCUT2D eigenvalue weighted by atomic mass is 10.2. The molecule has 1 heterocycles. The summed E-state index contributed by atoms with van der Waals surface area (Å²) in [5.41, 5.74) is -1.34. The van der Waals surface area contributed by atoms with Gasteiger partial charge in [0.1, 0.15) is 0 Å². The quantitative estimate of drug-likeness (QED) is 0.501. The summed E-state index contributed by atoms with van der Waals surface area (Å²) in [5.74, 6) is 0. The summed E-state index contributed by atoms with van der Waals surface area (Å²) < 4.78 is 0. The minimum Gasteiger partial charge on any atom is -0.300 e. The van der Waals surface area contributed by atoms with Crippen LogP contribution in [0, 0.1) is 27.2 Å². The van der Waals surface area contributed by atoms with Gasteiger partial charge in [-0.05, 0) is 13.0 Å². The van der Waals surface area contributed by atoms with Gasteiger partial charge in [0.15, 0.2) is 11.4 Å². The highest BCUT2D eigenvalue weighted by atomic mass is 16.6. The highest BCUT2D eigenvalue weighted by Gasteiger charge is 2.19. The predicted molar refractivity (Wildman–Crippen MR) is 70.1 cm³/mol. The summed E-state index contributed by atoms with van der Waals surface area (Å²) in [6, 6.07) is 2.94. The Balaban J connectivity index is 2.47. The topological polar surface area (TPSA) is 160 Å². The molecule has 11 heteroatoms. The largest absolute Gasteiger partial charge is 0.303 e. The average Bonchev–Trinajstić information content (AvgIpc) is 2.75. The number of hydrogen-bond donors (Lipinski definition) is 2. The van der Waals surface area contributed by atoms with Gasteiger partial charge in [0.25, 0.3) is 11.2 Å². The Bertz CT molecular complexity index is 805. The first-order valence-electron chi connectivity index (χ1n) is 5.52. The normalized spacial score (nSPS) is 10.9. The number of nitro groups is 2. The Hall–Kier alpha value is -3.37. The Morgan fingerprint density at radius 2 is 1.81 bits per heavy atom. The van der Waals surface area contributed by atoms with E-state index in [9.17, 15) is 25.0 Å². The standard InChI is InChI=1S/C10H8N6O5/c1-5-9(10(17)14-11-5)13-12-7-3-2-6(15(18)19)4-8(7)16(20)21/h2-4H,1H3,(H2,11,14,17). The van der Waals surface area contributed by atoms with Crippen LogP contribution in [0.25, 0.3) is 0 Å². The molecule has 0 radical (unpaired) electrons. The maximum Gasteiger partial charge on any atom is 0.303 e. The minimum absolute atomic E-state index is 0.0253. The van der Waals surface area contributed by atoms with Crippen LogP contribution in [0.15, 0.2) is 33.2 Å². The molecule has 0 fully saturated rings. The monoisotopic (exact) mass is 292 g/mol. The van der Waals surface area contributed by atoms with E-state index in [0.29, 0.717) is 5.69 Å². The van der Waals surface area contributed by atoms with Gasteiger partial charge in [-0.2, -0.15) is 0 Å². The number of non-ortho nitro benzene ring substituents is 1. The average molecular weight is 292 g/mol. The molecule has 0 saturated carbocycles. The number of nitrogens with zero attached hydrogens (tertiary/aromatic N) is 4. The molecule has 0 unspecified atom stereocenters. The van der Waals surface area contributed by atoms with Gasteiger partial charge in [-0.3, -0.25) is 30.1 Å².